The minimum atomic E-state index is -1.96. The van der Waals surface area contributed by atoms with Crippen molar-refractivity contribution in [3.8, 4) is 5.75 Å². The van der Waals surface area contributed by atoms with Crippen molar-refractivity contribution in [3.05, 3.63) is 57.9 Å². The van der Waals surface area contributed by atoms with Gasteiger partial charge < -0.3 is 20.1 Å². The van der Waals surface area contributed by atoms with Gasteiger partial charge in [-0.3, -0.25) is 14.9 Å². The SMILES string of the molecule is COc1ccc(NC(=O)c2cc(F)cc(B(O)O)c2)c([N+](=O)[O-])c1. The van der Waals surface area contributed by atoms with Crippen LogP contribution in [0, 0.1) is 15.9 Å². The Labute approximate surface area is 135 Å². The van der Waals surface area contributed by atoms with Gasteiger partial charge in [-0.1, -0.05) is 0 Å². The molecular formula is C14H12BFN2O6. The van der Waals surface area contributed by atoms with Crippen LogP contribution in [0.2, 0.25) is 0 Å². The van der Waals surface area contributed by atoms with Crippen molar-refractivity contribution < 1.29 is 28.9 Å². The van der Waals surface area contributed by atoms with Crippen LogP contribution in [-0.4, -0.2) is 35.1 Å². The smallest absolute Gasteiger partial charge is 0.488 e. The maximum atomic E-state index is 13.5. The summed E-state index contributed by atoms with van der Waals surface area (Å²) in [5.41, 5.74) is -0.949. The minimum Gasteiger partial charge on any atom is -0.496 e. The van der Waals surface area contributed by atoms with E-state index in [9.17, 15) is 19.3 Å². The fraction of sp³-hybridized carbons (Fsp3) is 0.0714. The zero-order valence-electron chi connectivity index (χ0n) is 12.4. The van der Waals surface area contributed by atoms with Crippen LogP contribution in [0.15, 0.2) is 36.4 Å². The number of methoxy groups -OCH3 is 1. The van der Waals surface area contributed by atoms with E-state index in [1.807, 2.05) is 0 Å². The largest absolute Gasteiger partial charge is 0.496 e. The van der Waals surface area contributed by atoms with Gasteiger partial charge >= 0.3 is 7.12 Å². The Balaban J connectivity index is 2.35. The molecule has 2 aromatic rings. The number of ether oxygens (including phenoxy) is 1. The van der Waals surface area contributed by atoms with Gasteiger partial charge in [0.05, 0.1) is 18.1 Å². The number of carbonyl (C=O) groups excluding carboxylic acids is 1. The van der Waals surface area contributed by atoms with Gasteiger partial charge in [-0.25, -0.2) is 4.39 Å². The second-order valence-electron chi connectivity index (χ2n) is 4.74. The first-order chi connectivity index (χ1) is 11.3. The monoisotopic (exact) mass is 334 g/mol. The lowest BCUT2D eigenvalue weighted by atomic mass is 9.79. The van der Waals surface area contributed by atoms with Gasteiger partial charge in [-0.15, -0.1) is 0 Å². The number of halogens is 1. The molecule has 124 valence electrons. The summed E-state index contributed by atoms with van der Waals surface area (Å²) >= 11 is 0. The van der Waals surface area contributed by atoms with Gasteiger partial charge in [-0.2, -0.15) is 0 Å². The van der Waals surface area contributed by atoms with Gasteiger partial charge in [0.15, 0.2) is 0 Å². The molecular weight excluding hydrogens is 322 g/mol. The standard InChI is InChI=1S/C14H12BFN2O6/c1-24-11-2-3-12(13(7-11)18(22)23)17-14(19)8-4-9(15(20)21)6-10(16)5-8/h2-7,20-21H,1H3,(H,17,19). The van der Waals surface area contributed by atoms with Crippen molar-refractivity contribution in [1.29, 1.82) is 0 Å². The third-order valence-corrected chi connectivity index (χ3v) is 3.13. The molecule has 0 aromatic heterocycles. The normalized spacial score (nSPS) is 10.2. The van der Waals surface area contributed by atoms with Crippen LogP contribution in [0.3, 0.4) is 0 Å². The number of rotatable bonds is 5. The molecule has 24 heavy (non-hydrogen) atoms. The Morgan fingerprint density at radius 2 is 2.00 bits per heavy atom. The first kappa shape index (κ1) is 17.4. The van der Waals surface area contributed by atoms with Crippen LogP contribution in [0.1, 0.15) is 10.4 Å². The van der Waals surface area contributed by atoms with Gasteiger partial charge in [0.2, 0.25) is 0 Å². The molecule has 3 N–H and O–H groups in total. The maximum absolute atomic E-state index is 13.5. The van der Waals surface area contributed by atoms with Gasteiger partial charge in [0.25, 0.3) is 11.6 Å². The number of nitro benzene ring substituents is 1. The maximum Gasteiger partial charge on any atom is 0.488 e. The Morgan fingerprint density at radius 3 is 2.58 bits per heavy atom. The van der Waals surface area contributed by atoms with Crippen LogP contribution in [0.5, 0.6) is 5.75 Å². The number of carbonyl (C=O) groups is 1. The number of nitrogens with one attached hydrogen (secondary N) is 1. The molecule has 2 rings (SSSR count). The summed E-state index contributed by atoms with van der Waals surface area (Å²) in [4.78, 5) is 22.6. The number of benzene rings is 2. The Bertz CT molecular complexity index is 799. The number of anilines is 1. The van der Waals surface area contributed by atoms with E-state index in [2.05, 4.69) is 5.32 Å². The van der Waals surface area contributed by atoms with Crippen LogP contribution in [0.4, 0.5) is 15.8 Å². The predicted octanol–water partition coefficient (Wildman–Crippen LogP) is 0.675. The summed E-state index contributed by atoms with van der Waals surface area (Å²) < 4.78 is 18.4. The van der Waals surface area contributed by atoms with E-state index in [-0.39, 0.29) is 22.5 Å². The highest BCUT2D eigenvalue weighted by Gasteiger charge is 2.20. The van der Waals surface area contributed by atoms with Crippen LogP contribution >= 0.6 is 0 Å². The quantitative estimate of drug-likeness (QED) is 0.420. The highest BCUT2D eigenvalue weighted by molar-refractivity contribution is 6.58. The summed E-state index contributed by atoms with van der Waals surface area (Å²) in [5.74, 6) is -1.46. The second kappa shape index (κ2) is 7.07. The summed E-state index contributed by atoms with van der Waals surface area (Å²) in [6.45, 7) is 0. The molecule has 1 amide bonds. The molecule has 0 aliphatic heterocycles. The predicted molar refractivity (Wildman–Crippen MR) is 83.8 cm³/mol. The van der Waals surface area contributed by atoms with E-state index in [1.165, 1.54) is 19.2 Å². The fourth-order valence-electron chi connectivity index (χ4n) is 1.98. The van der Waals surface area contributed by atoms with Crippen molar-refractivity contribution in [2.45, 2.75) is 0 Å². The number of hydrogen-bond acceptors (Lipinski definition) is 6. The highest BCUT2D eigenvalue weighted by atomic mass is 19.1. The van der Waals surface area contributed by atoms with Gasteiger partial charge in [-0.05, 0) is 35.8 Å². The number of amides is 1. The van der Waals surface area contributed by atoms with E-state index >= 15 is 0 Å². The molecule has 2 aromatic carbocycles. The molecule has 0 aliphatic carbocycles. The number of nitro groups is 1. The Kier molecular flexibility index (Phi) is 5.12. The lowest BCUT2D eigenvalue weighted by Crippen LogP contribution is -2.31. The summed E-state index contributed by atoms with van der Waals surface area (Å²) in [7, 11) is -0.617. The zero-order chi connectivity index (χ0) is 17.9. The molecule has 0 radical (unpaired) electrons. The third kappa shape index (κ3) is 3.86. The molecule has 0 unspecified atom stereocenters. The Morgan fingerprint density at radius 1 is 1.29 bits per heavy atom. The van der Waals surface area contributed by atoms with Crippen LogP contribution < -0.4 is 15.5 Å². The first-order valence-electron chi connectivity index (χ1n) is 6.62. The van der Waals surface area contributed by atoms with Crippen molar-refractivity contribution in [2.75, 3.05) is 12.4 Å². The molecule has 0 saturated carbocycles. The molecule has 0 fully saturated rings. The lowest BCUT2D eigenvalue weighted by Gasteiger charge is -2.09. The van der Waals surface area contributed by atoms with Crippen molar-refractivity contribution >= 4 is 29.9 Å². The van der Waals surface area contributed by atoms with Crippen molar-refractivity contribution in [2.24, 2.45) is 0 Å². The van der Waals surface area contributed by atoms with E-state index in [4.69, 9.17) is 14.8 Å². The van der Waals surface area contributed by atoms with E-state index in [0.29, 0.717) is 0 Å². The molecule has 0 atom stereocenters. The summed E-state index contributed by atoms with van der Waals surface area (Å²) in [6, 6.07) is 6.61. The van der Waals surface area contributed by atoms with Gasteiger partial charge in [0, 0.05) is 5.56 Å². The average Bonchev–Trinajstić information content (AvgIpc) is 2.54. The molecule has 0 spiro atoms. The topological polar surface area (TPSA) is 122 Å². The van der Waals surface area contributed by atoms with E-state index in [1.54, 1.807) is 0 Å². The molecule has 0 saturated heterocycles. The van der Waals surface area contributed by atoms with Crippen molar-refractivity contribution in [1.82, 2.24) is 0 Å². The summed E-state index contributed by atoms with van der Waals surface area (Å²) in [6.07, 6.45) is 0. The zero-order valence-corrected chi connectivity index (χ0v) is 12.4. The summed E-state index contributed by atoms with van der Waals surface area (Å²) in [5, 5.41) is 31.5. The molecule has 8 nitrogen and oxygen atoms in total. The van der Waals surface area contributed by atoms with Crippen molar-refractivity contribution in [3.63, 3.8) is 0 Å². The van der Waals surface area contributed by atoms with E-state index < -0.39 is 29.5 Å². The lowest BCUT2D eigenvalue weighted by molar-refractivity contribution is -0.384. The van der Waals surface area contributed by atoms with Gasteiger partial charge in [0.1, 0.15) is 17.3 Å². The van der Waals surface area contributed by atoms with Crippen LogP contribution in [-0.2, 0) is 0 Å². The first-order valence-corrected chi connectivity index (χ1v) is 6.62. The molecule has 0 heterocycles. The van der Waals surface area contributed by atoms with Crippen LogP contribution in [0.25, 0.3) is 0 Å². The second-order valence-corrected chi connectivity index (χ2v) is 4.74. The minimum absolute atomic E-state index is 0.110. The molecule has 10 heteroatoms. The number of nitrogens with zero attached hydrogens (tertiary/aromatic N) is 1. The highest BCUT2D eigenvalue weighted by Crippen LogP contribution is 2.29. The Hall–Kier alpha value is -2.98. The number of hydrogen-bond donors (Lipinski definition) is 3. The molecule has 0 bridgehead atoms. The molecule has 0 aliphatic rings. The fourth-order valence-corrected chi connectivity index (χ4v) is 1.98. The average molecular weight is 334 g/mol. The van der Waals surface area contributed by atoms with E-state index in [0.717, 1.165) is 24.3 Å². The third-order valence-electron chi connectivity index (χ3n) is 3.13.